The number of ether oxygens (including phenoxy) is 2. The Bertz CT molecular complexity index is 1540. The number of rotatable bonds is 53. The Hall–Kier alpha value is -1.78. The van der Waals surface area contributed by atoms with Crippen LogP contribution in [0.1, 0.15) is 280 Å². The van der Waals surface area contributed by atoms with Crippen LogP contribution in [0, 0.1) is 0 Å². The molecule has 77 heavy (non-hydrogen) atoms. The third-order valence-electron chi connectivity index (χ3n) is 15.8. The van der Waals surface area contributed by atoms with Gasteiger partial charge < -0.3 is 18.8 Å². The van der Waals surface area contributed by atoms with Crippen LogP contribution in [0.15, 0.2) is 60.7 Å². The fourth-order valence-corrected chi connectivity index (χ4v) is 17.8. The molecule has 9 heteroatoms. The number of carbonyl (C=O) groups is 2. The summed E-state index contributed by atoms with van der Waals surface area (Å²) in [5, 5.41) is 2.65. The van der Waals surface area contributed by atoms with E-state index < -0.39 is 8.32 Å². The molecule has 2 rings (SSSR count). The third kappa shape index (κ3) is 34.3. The van der Waals surface area contributed by atoms with Crippen LogP contribution in [0.2, 0.25) is 5.04 Å². The number of unbranched alkanes of at least 4 members (excludes halogenated alkanes) is 23. The summed E-state index contributed by atoms with van der Waals surface area (Å²) in [7, 11) is -0.225. The van der Waals surface area contributed by atoms with Gasteiger partial charge in [-0.3, -0.25) is 9.59 Å². The van der Waals surface area contributed by atoms with Gasteiger partial charge >= 0.3 is 11.9 Å². The SMILES string of the molecule is CCCCCCCCCC(=O)OC(CCCCC(CCCCC(CSCCCCCCC)OC(=O)CCCCCCCCC)N(C)CCCCO[Si](c1ccccc1)(c1ccccc1)C(C)(C)C)CSCCCCCCC. The summed E-state index contributed by atoms with van der Waals surface area (Å²) in [6.07, 6.45) is 41.7. The summed E-state index contributed by atoms with van der Waals surface area (Å²) in [5.41, 5.74) is 0. The monoisotopic (exact) mass is 1120 g/mol. The molecule has 0 aromatic heterocycles. The van der Waals surface area contributed by atoms with Crippen LogP contribution < -0.4 is 10.4 Å². The lowest BCUT2D eigenvalue weighted by Crippen LogP contribution is -2.66. The number of esters is 2. The van der Waals surface area contributed by atoms with E-state index in [9.17, 15) is 9.59 Å². The molecule has 2 aromatic rings. The molecule has 0 spiro atoms. The van der Waals surface area contributed by atoms with Crippen LogP contribution in [0.25, 0.3) is 0 Å². The molecule has 2 unspecified atom stereocenters. The molecule has 2 aromatic carbocycles. The zero-order chi connectivity index (χ0) is 55.9. The van der Waals surface area contributed by atoms with Gasteiger partial charge in [0.25, 0.3) is 8.32 Å². The lowest BCUT2D eigenvalue weighted by molar-refractivity contribution is -0.149. The molecule has 0 amide bonds. The van der Waals surface area contributed by atoms with Crippen molar-refractivity contribution in [1.82, 2.24) is 4.90 Å². The Morgan fingerprint density at radius 2 is 0.831 bits per heavy atom. The van der Waals surface area contributed by atoms with Gasteiger partial charge in [0, 0.05) is 37.0 Å². The predicted octanol–water partition coefficient (Wildman–Crippen LogP) is 19.3. The van der Waals surface area contributed by atoms with Crippen molar-refractivity contribution in [1.29, 1.82) is 0 Å². The molecule has 0 saturated heterocycles. The van der Waals surface area contributed by atoms with Gasteiger partial charge in [-0.05, 0) is 118 Å². The first kappa shape index (κ1) is 71.3. The second-order valence-corrected chi connectivity index (χ2v) is 30.5. The minimum absolute atomic E-state index is 0.000866. The molecule has 0 bridgehead atoms. The van der Waals surface area contributed by atoms with Gasteiger partial charge in [0.2, 0.25) is 0 Å². The standard InChI is InChI=1S/C68H121NO5S2Si/c1-9-13-17-21-23-25-35-53-66(70)73-62(59-75-57-43-27-19-15-11-3)47-39-37-45-61(46-38-40-48-63(60-76-58-44-28-20-16-12-4)74-67(71)54-36-26-24-22-18-14-10-2)69(8)55-41-42-56-72-77(68(5,6)7,64-49-31-29-32-50-64)65-51-33-30-34-52-65/h29-34,49-52,61-63H,9-28,35-48,53-60H2,1-8H3. The first-order chi connectivity index (χ1) is 37.5. The van der Waals surface area contributed by atoms with Gasteiger partial charge in [0.05, 0.1) is 0 Å². The largest absolute Gasteiger partial charge is 0.461 e. The summed E-state index contributed by atoms with van der Waals surface area (Å²) in [6, 6.07) is 22.6. The summed E-state index contributed by atoms with van der Waals surface area (Å²) in [6.45, 7) is 18.0. The Morgan fingerprint density at radius 3 is 1.22 bits per heavy atom. The van der Waals surface area contributed by atoms with Crippen molar-refractivity contribution in [2.45, 2.75) is 303 Å². The van der Waals surface area contributed by atoms with Crippen molar-refractivity contribution in [3.05, 3.63) is 60.7 Å². The van der Waals surface area contributed by atoms with Crippen LogP contribution >= 0.6 is 23.5 Å². The van der Waals surface area contributed by atoms with E-state index in [4.69, 9.17) is 13.9 Å². The molecule has 0 radical (unpaired) electrons. The Labute approximate surface area is 486 Å². The molecule has 444 valence electrons. The molecule has 0 fully saturated rings. The highest BCUT2D eigenvalue weighted by atomic mass is 32.2. The normalized spacial score (nSPS) is 13.3. The van der Waals surface area contributed by atoms with E-state index in [0.29, 0.717) is 18.9 Å². The fraction of sp³-hybridized carbons (Fsp3) is 0.794. The lowest BCUT2D eigenvalue weighted by Gasteiger charge is -2.43. The van der Waals surface area contributed by atoms with Gasteiger partial charge in [-0.25, -0.2) is 0 Å². The maximum absolute atomic E-state index is 13.2. The van der Waals surface area contributed by atoms with Gasteiger partial charge in [0.1, 0.15) is 12.2 Å². The summed E-state index contributed by atoms with van der Waals surface area (Å²) < 4.78 is 19.9. The second-order valence-electron chi connectivity index (χ2n) is 23.9. The first-order valence-corrected chi connectivity index (χ1v) is 36.7. The quantitative estimate of drug-likeness (QED) is 0.0369. The molecule has 0 saturated carbocycles. The Kier molecular flexibility index (Phi) is 44.3. The number of benzene rings is 2. The Morgan fingerprint density at radius 1 is 0.468 bits per heavy atom. The maximum atomic E-state index is 13.2. The van der Waals surface area contributed by atoms with Gasteiger partial charge in [0.15, 0.2) is 0 Å². The van der Waals surface area contributed by atoms with Crippen molar-refractivity contribution < 1.29 is 23.5 Å². The molecule has 0 aliphatic heterocycles. The molecule has 0 N–H and O–H groups in total. The third-order valence-corrected chi connectivity index (χ3v) is 23.3. The number of nitrogens with zero attached hydrogens (tertiary/aromatic N) is 1. The van der Waals surface area contributed by atoms with E-state index in [0.717, 1.165) is 126 Å². The van der Waals surface area contributed by atoms with Crippen LogP contribution in [0.4, 0.5) is 0 Å². The number of hydrogen-bond acceptors (Lipinski definition) is 8. The van der Waals surface area contributed by atoms with Crippen molar-refractivity contribution >= 4 is 54.2 Å². The minimum Gasteiger partial charge on any atom is -0.461 e. The van der Waals surface area contributed by atoms with Crippen molar-refractivity contribution in [2.24, 2.45) is 0 Å². The number of thioether (sulfide) groups is 2. The number of hydrogen-bond donors (Lipinski definition) is 0. The summed E-state index contributed by atoms with van der Waals surface area (Å²) in [5.74, 6) is 4.16. The lowest BCUT2D eigenvalue weighted by atomic mass is 9.99. The highest BCUT2D eigenvalue weighted by molar-refractivity contribution is 7.99. The van der Waals surface area contributed by atoms with Crippen LogP contribution in [-0.4, -0.2) is 86.6 Å². The van der Waals surface area contributed by atoms with Crippen LogP contribution in [0.3, 0.4) is 0 Å². The van der Waals surface area contributed by atoms with E-state index in [-0.39, 0.29) is 29.2 Å². The highest BCUT2D eigenvalue weighted by Gasteiger charge is 2.50. The van der Waals surface area contributed by atoms with Gasteiger partial charge in [-0.15, -0.1) is 0 Å². The highest BCUT2D eigenvalue weighted by Crippen LogP contribution is 2.37. The summed E-state index contributed by atoms with van der Waals surface area (Å²) >= 11 is 3.99. The van der Waals surface area contributed by atoms with E-state index in [2.05, 4.69) is 121 Å². The fourth-order valence-electron chi connectivity index (χ4n) is 11.1. The average molecular weight is 1120 g/mol. The maximum Gasteiger partial charge on any atom is 0.306 e. The zero-order valence-electron chi connectivity index (χ0n) is 51.5. The molecule has 6 nitrogen and oxygen atoms in total. The van der Waals surface area contributed by atoms with E-state index in [1.54, 1.807) is 0 Å². The van der Waals surface area contributed by atoms with Crippen molar-refractivity contribution in [2.75, 3.05) is 43.2 Å². The van der Waals surface area contributed by atoms with Gasteiger partial charge in [-0.2, -0.15) is 23.5 Å². The van der Waals surface area contributed by atoms with Crippen LogP contribution in [-0.2, 0) is 23.5 Å². The molecular formula is C68H121NO5S2Si. The van der Waals surface area contributed by atoms with Crippen molar-refractivity contribution in [3.63, 3.8) is 0 Å². The topological polar surface area (TPSA) is 65.1 Å². The number of carbonyl (C=O) groups excluding carboxylic acids is 2. The molecule has 0 heterocycles. The Balaban J connectivity index is 2.15. The van der Waals surface area contributed by atoms with E-state index in [1.807, 2.05) is 23.5 Å². The van der Waals surface area contributed by atoms with E-state index >= 15 is 0 Å². The van der Waals surface area contributed by atoms with E-state index in [1.165, 1.54) is 139 Å². The minimum atomic E-state index is -2.58. The van der Waals surface area contributed by atoms with Crippen LogP contribution in [0.5, 0.6) is 0 Å². The van der Waals surface area contributed by atoms with Crippen molar-refractivity contribution in [3.8, 4) is 0 Å². The summed E-state index contributed by atoms with van der Waals surface area (Å²) in [4.78, 5) is 29.1. The predicted molar refractivity (Wildman–Crippen MR) is 343 cm³/mol. The van der Waals surface area contributed by atoms with Gasteiger partial charge in [-0.1, -0.05) is 250 Å². The molecular weight excluding hydrogens is 1000 g/mol. The zero-order valence-corrected chi connectivity index (χ0v) is 54.1. The first-order valence-electron chi connectivity index (χ1n) is 32.5. The molecule has 0 aliphatic rings. The second kappa shape index (κ2) is 47.8. The average Bonchev–Trinajstić information content (AvgIpc) is 3.42. The molecule has 2 atom stereocenters. The molecule has 0 aliphatic carbocycles. The smallest absolute Gasteiger partial charge is 0.306 e.